The Balaban J connectivity index is 2.82. The predicted octanol–water partition coefficient (Wildman–Crippen LogP) is 1.55. The van der Waals surface area contributed by atoms with Crippen molar-refractivity contribution in [2.75, 3.05) is 7.05 Å². The monoisotopic (exact) mass is 142 g/mol. The van der Waals surface area contributed by atoms with Crippen LogP contribution in [0.2, 0.25) is 0 Å². The summed E-state index contributed by atoms with van der Waals surface area (Å²) in [7, 11) is 1.80. The van der Waals surface area contributed by atoms with Crippen molar-refractivity contribution in [2.45, 2.75) is 0 Å². The van der Waals surface area contributed by atoms with Crippen molar-refractivity contribution in [3.63, 3.8) is 0 Å². The van der Waals surface area contributed by atoms with Crippen LogP contribution >= 0.6 is 11.6 Å². The molecule has 0 N–H and O–H groups in total. The molecule has 0 bridgehead atoms. The third-order valence-electron chi connectivity index (χ3n) is 1.07. The van der Waals surface area contributed by atoms with Crippen molar-refractivity contribution >= 4 is 16.8 Å². The van der Waals surface area contributed by atoms with E-state index in [4.69, 9.17) is 11.6 Å². The fourth-order valence-corrected chi connectivity index (χ4v) is 0.690. The molecule has 0 fully saturated rings. The Morgan fingerprint density at radius 3 is 2.78 bits per heavy atom. The van der Waals surface area contributed by atoms with E-state index in [1.807, 2.05) is 6.08 Å². The molecule has 0 radical (unpaired) electrons. The van der Waals surface area contributed by atoms with Crippen LogP contribution in [0.1, 0.15) is 0 Å². The van der Waals surface area contributed by atoms with Crippen LogP contribution < -0.4 is 0 Å². The SMILES string of the molecule is C=C1C=CC(Cl)=NN1C. The molecule has 0 aromatic heterocycles. The molecule has 1 aliphatic heterocycles. The highest BCUT2D eigenvalue weighted by molar-refractivity contribution is 6.68. The maximum Gasteiger partial charge on any atom is 0.149 e. The number of nitrogens with zero attached hydrogens (tertiary/aromatic N) is 2. The van der Waals surface area contributed by atoms with Crippen LogP contribution in [0.3, 0.4) is 0 Å². The van der Waals surface area contributed by atoms with Crippen molar-refractivity contribution < 1.29 is 0 Å². The molecule has 0 unspecified atom stereocenters. The van der Waals surface area contributed by atoms with Gasteiger partial charge in [0.1, 0.15) is 5.17 Å². The van der Waals surface area contributed by atoms with E-state index in [-0.39, 0.29) is 0 Å². The molecule has 1 aliphatic rings. The van der Waals surface area contributed by atoms with Crippen molar-refractivity contribution in [3.05, 3.63) is 24.4 Å². The molecular weight excluding hydrogens is 136 g/mol. The van der Waals surface area contributed by atoms with Crippen LogP contribution in [-0.4, -0.2) is 17.2 Å². The molecule has 0 aliphatic carbocycles. The van der Waals surface area contributed by atoms with Gasteiger partial charge in [-0.2, -0.15) is 5.10 Å². The van der Waals surface area contributed by atoms with E-state index >= 15 is 0 Å². The Bertz CT molecular complexity index is 193. The lowest BCUT2D eigenvalue weighted by Crippen LogP contribution is -2.12. The Morgan fingerprint density at radius 1 is 1.67 bits per heavy atom. The van der Waals surface area contributed by atoms with Gasteiger partial charge in [0.15, 0.2) is 0 Å². The second-order valence-electron chi connectivity index (χ2n) is 1.77. The van der Waals surface area contributed by atoms with E-state index in [0.717, 1.165) is 5.70 Å². The minimum atomic E-state index is 0.491. The van der Waals surface area contributed by atoms with Gasteiger partial charge in [0.2, 0.25) is 0 Å². The minimum absolute atomic E-state index is 0.491. The molecule has 1 rings (SSSR count). The highest BCUT2D eigenvalue weighted by Crippen LogP contribution is 2.08. The lowest BCUT2D eigenvalue weighted by atomic mass is 10.4. The van der Waals surface area contributed by atoms with E-state index in [0.29, 0.717) is 5.17 Å². The minimum Gasteiger partial charge on any atom is -0.268 e. The average molecular weight is 143 g/mol. The van der Waals surface area contributed by atoms with Crippen LogP contribution in [0.25, 0.3) is 0 Å². The summed E-state index contributed by atoms with van der Waals surface area (Å²) < 4.78 is 0. The largest absolute Gasteiger partial charge is 0.268 e. The topological polar surface area (TPSA) is 15.6 Å². The fourth-order valence-electron chi connectivity index (χ4n) is 0.514. The Labute approximate surface area is 59.1 Å². The van der Waals surface area contributed by atoms with Gasteiger partial charge < -0.3 is 0 Å². The Kier molecular flexibility index (Phi) is 1.58. The van der Waals surface area contributed by atoms with Crippen molar-refractivity contribution in [1.82, 2.24) is 5.01 Å². The normalized spacial score (nSPS) is 18.2. The van der Waals surface area contributed by atoms with Gasteiger partial charge in [-0.1, -0.05) is 18.2 Å². The molecule has 0 saturated heterocycles. The summed E-state index contributed by atoms with van der Waals surface area (Å²) in [4.78, 5) is 0. The van der Waals surface area contributed by atoms with Crippen molar-refractivity contribution in [2.24, 2.45) is 5.10 Å². The predicted molar refractivity (Wildman–Crippen MR) is 39.3 cm³/mol. The average Bonchev–Trinajstić information content (AvgIpc) is 1.80. The van der Waals surface area contributed by atoms with Gasteiger partial charge in [0.05, 0.1) is 5.70 Å². The third-order valence-corrected chi connectivity index (χ3v) is 1.28. The number of hydrazone groups is 1. The number of hydrogen-bond acceptors (Lipinski definition) is 2. The summed E-state index contributed by atoms with van der Waals surface area (Å²) in [5.74, 6) is 0. The molecule has 9 heavy (non-hydrogen) atoms. The molecule has 0 aromatic carbocycles. The lowest BCUT2D eigenvalue weighted by Gasteiger charge is -2.15. The number of allylic oxidation sites excluding steroid dienone is 2. The quantitative estimate of drug-likeness (QED) is 0.501. The third kappa shape index (κ3) is 1.33. The van der Waals surface area contributed by atoms with Gasteiger partial charge in [-0.05, 0) is 12.2 Å². The van der Waals surface area contributed by atoms with Gasteiger partial charge in [-0.15, -0.1) is 0 Å². The lowest BCUT2D eigenvalue weighted by molar-refractivity contribution is 0.461. The summed E-state index contributed by atoms with van der Waals surface area (Å²) in [6.45, 7) is 3.70. The molecule has 0 saturated carbocycles. The highest BCUT2D eigenvalue weighted by atomic mass is 35.5. The maximum absolute atomic E-state index is 5.56. The van der Waals surface area contributed by atoms with Crippen LogP contribution in [0, 0.1) is 0 Å². The fraction of sp³-hybridized carbons (Fsp3) is 0.167. The smallest absolute Gasteiger partial charge is 0.149 e. The standard InChI is InChI=1S/C6H7ClN2/c1-5-3-4-6(7)8-9(5)2/h3-4H,1H2,2H3. The van der Waals surface area contributed by atoms with Crippen LogP contribution in [0.5, 0.6) is 0 Å². The summed E-state index contributed by atoms with van der Waals surface area (Å²) >= 11 is 5.56. The zero-order chi connectivity index (χ0) is 6.85. The first kappa shape index (κ1) is 6.36. The van der Waals surface area contributed by atoms with Gasteiger partial charge in [0.25, 0.3) is 0 Å². The first-order chi connectivity index (χ1) is 4.20. The van der Waals surface area contributed by atoms with Crippen LogP contribution in [0.4, 0.5) is 0 Å². The van der Waals surface area contributed by atoms with Crippen molar-refractivity contribution in [1.29, 1.82) is 0 Å². The zero-order valence-corrected chi connectivity index (χ0v) is 5.89. The molecule has 0 atom stereocenters. The summed E-state index contributed by atoms with van der Waals surface area (Å²) in [6.07, 6.45) is 3.53. The molecule has 0 spiro atoms. The molecule has 1 heterocycles. The number of halogens is 1. The van der Waals surface area contributed by atoms with E-state index in [1.165, 1.54) is 0 Å². The molecule has 48 valence electrons. The Hall–Kier alpha value is -0.760. The van der Waals surface area contributed by atoms with E-state index in [9.17, 15) is 0 Å². The first-order valence-corrected chi connectivity index (χ1v) is 2.93. The van der Waals surface area contributed by atoms with E-state index < -0.39 is 0 Å². The maximum atomic E-state index is 5.56. The molecule has 0 aromatic rings. The number of hydrogen-bond donors (Lipinski definition) is 0. The molecule has 2 nitrogen and oxygen atoms in total. The molecule has 3 heteroatoms. The Morgan fingerprint density at radius 2 is 2.33 bits per heavy atom. The van der Waals surface area contributed by atoms with E-state index in [1.54, 1.807) is 18.1 Å². The second-order valence-corrected chi connectivity index (χ2v) is 2.16. The van der Waals surface area contributed by atoms with E-state index in [2.05, 4.69) is 11.7 Å². The molecular formula is C6H7ClN2. The zero-order valence-electron chi connectivity index (χ0n) is 5.13. The summed E-state index contributed by atoms with van der Waals surface area (Å²) in [5.41, 5.74) is 0.847. The van der Waals surface area contributed by atoms with Gasteiger partial charge in [-0.25, -0.2) is 0 Å². The van der Waals surface area contributed by atoms with Crippen molar-refractivity contribution in [3.8, 4) is 0 Å². The van der Waals surface area contributed by atoms with Gasteiger partial charge >= 0.3 is 0 Å². The van der Waals surface area contributed by atoms with Crippen LogP contribution in [-0.2, 0) is 0 Å². The number of likely N-dealkylation sites (N-methyl/N-ethyl adjacent to an activating group) is 1. The van der Waals surface area contributed by atoms with Crippen LogP contribution in [0.15, 0.2) is 29.5 Å². The second kappa shape index (κ2) is 2.23. The summed E-state index contributed by atoms with van der Waals surface area (Å²) in [5, 5.41) is 6.01. The molecule has 0 amide bonds. The van der Waals surface area contributed by atoms with Gasteiger partial charge in [-0.3, -0.25) is 5.01 Å². The number of rotatable bonds is 0. The van der Waals surface area contributed by atoms with Gasteiger partial charge in [0, 0.05) is 7.05 Å². The summed E-state index contributed by atoms with van der Waals surface area (Å²) in [6, 6.07) is 0. The highest BCUT2D eigenvalue weighted by Gasteiger charge is 2.01. The first-order valence-electron chi connectivity index (χ1n) is 2.55.